The van der Waals surface area contributed by atoms with Crippen molar-refractivity contribution in [3.63, 3.8) is 0 Å². The number of halogens is 3. The quantitative estimate of drug-likeness (QED) is 0.760. The van der Waals surface area contributed by atoms with Gasteiger partial charge in [-0.05, 0) is 38.9 Å². The predicted octanol–water partition coefficient (Wildman–Crippen LogP) is 1.94. The molecule has 3 nitrogen and oxygen atoms in total. The van der Waals surface area contributed by atoms with Gasteiger partial charge in [0.2, 0.25) is 0 Å². The monoisotopic (exact) mass is 240 g/mol. The van der Waals surface area contributed by atoms with Crippen LogP contribution in [-0.4, -0.2) is 43.4 Å². The van der Waals surface area contributed by atoms with Crippen LogP contribution in [0, 0.1) is 0 Å². The van der Waals surface area contributed by atoms with E-state index in [4.69, 9.17) is 0 Å². The van der Waals surface area contributed by atoms with Gasteiger partial charge in [-0.3, -0.25) is 4.84 Å². The van der Waals surface area contributed by atoms with E-state index in [1.807, 2.05) is 0 Å². The standard InChI is InChI=1S/C10H19F3N2O/c1-2-15-6-3-4-9(5-7-15)14-16-8-10(11,12)13/h9,14H,2-8H2,1H3. The smallest absolute Gasteiger partial charge is 0.304 e. The minimum absolute atomic E-state index is 0.0406. The van der Waals surface area contributed by atoms with Crippen molar-refractivity contribution < 1.29 is 18.0 Å². The summed E-state index contributed by atoms with van der Waals surface area (Å²) >= 11 is 0. The van der Waals surface area contributed by atoms with Crippen molar-refractivity contribution in [3.05, 3.63) is 0 Å². The van der Waals surface area contributed by atoms with E-state index in [-0.39, 0.29) is 6.04 Å². The zero-order valence-electron chi connectivity index (χ0n) is 9.52. The number of hydroxylamine groups is 1. The summed E-state index contributed by atoms with van der Waals surface area (Å²) in [5, 5.41) is 0. The van der Waals surface area contributed by atoms with Crippen molar-refractivity contribution >= 4 is 0 Å². The van der Waals surface area contributed by atoms with E-state index in [1.165, 1.54) is 0 Å². The first-order valence-corrected chi connectivity index (χ1v) is 5.67. The van der Waals surface area contributed by atoms with Gasteiger partial charge in [-0.15, -0.1) is 0 Å². The van der Waals surface area contributed by atoms with Crippen LogP contribution in [0.4, 0.5) is 13.2 Å². The van der Waals surface area contributed by atoms with Crippen LogP contribution >= 0.6 is 0 Å². The average molecular weight is 240 g/mol. The average Bonchev–Trinajstić information content (AvgIpc) is 2.41. The molecule has 0 saturated carbocycles. The van der Waals surface area contributed by atoms with E-state index in [0.29, 0.717) is 0 Å². The van der Waals surface area contributed by atoms with Gasteiger partial charge in [0.15, 0.2) is 6.61 Å². The van der Waals surface area contributed by atoms with Gasteiger partial charge in [0.1, 0.15) is 0 Å². The maximum atomic E-state index is 11.8. The van der Waals surface area contributed by atoms with Gasteiger partial charge >= 0.3 is 6.18 Å². The number of rotatable bonds is 4. The SMILES string of the molecule is CCN1CCCC(NOCC(F)(F)F)CC1. The second-order valence-corrected chi connectivity index (χ2v) is 4.08. The number of alkyl halides is 3. The zero-order valence-corrected chi connectivity index (χ0v) is 9.52. The van der Waals surface area contributed by atoms with Crippen molar-refractivity contribution in [2.75, 3.05) is 26.2 Å². The molecule has 1 unspecified atom stereocenters. The summed E-state index contributed by atoms with van der Waals surface area (Å²) in [4.78, 5) is 6.77. The van der Waals surface area contributed by atoms with Crippen molar-refractivity contribution in [2.24, 2.45) is 0 Å². The van der Waals surface area contributed by atoms with Crippen LogP contribution in [0.1, 0.15) is 26.2 Å². The molecule has 1 saturated heterocycles. The third-order valence-corrected chi connectivity index (χ3v) is 2.75. The Labute approximate surface area is 93.9 Å². The lowest BCUT2D eigenvalue weighted by Gasteiger charge is -2.18. The molecule has 0 aliphatic carbocycles. The molecule has 0 aromatic heterocycles. The molecule has 0 spiro atoms. The second-order valence-electron chi connectivity index (χ2n) is 4.08. The van der Waals surface area contributed by atoms with E-state index < -0.39 is 12.8 Å². The lowest BCUT2D eigenvalue weighted by molar-refractivity contribution is -0.193. The maximum absolute atomic E-state index is 11.8. The highest BCUT2D eigenvalue weighted by molar-refractivity contribution is 4.71. The fourth-order valence-corrected chi connectivity index (χ4v) is 1.83. The van der Waals surface area contributed by atoms with E-state index in [9.17, 15) is 13.2 Å². The number of nitrogens with one attached hydrogen (secondary N) is 1. The minimum Gasteiger partial charge on any atom is -0.304 e. The van der Waals surface area contributed by atoms with Crippen LogP contribution in [0.2, 0.25) is 0 Å². The second kappa shape index (κ2) is 6.42. The van der Waals surface area contributed by atoms with Gasteiger partial charge in [-0.2, -0.15) is 18.7 Å². The Morgan fingerprint density at radius 2 is 2.06 bits per heavy atom. The summed E-state index contributed by atoms with van der Waals surface area (Å²) in [5.41, 5.74) is 2.52. The highest BCUT2D eigenvalue weighted by Gasteiger charge is 2.28. The Kier molecular flexibility index (Phi) is 5.51. The molecule has 1 N–H and O–H groups in total. The molecule has 0 amide bonds. The summed E-state index contributed by atoms with van der Waals surface area (Å²) in [7, 11) is 0. The topological polar surface area (TPSA) is 24.5 Å². The lowest BCUT2D eigenvalue weighted by Crippen LogP contribution is -2.34. The molecule has 0 bridgehead atoms. The highest BCUT2D eigenvalue weighted by Crippen LogP contribution is 2.15. The Morgan fingerprint density at radius 3 is 2.69 bits per heavy atom. The molecule has 1 aliphatic rings. The molecular formula is C10H19F3N2O. The van der Waals surface area contributed by atoms with Gasteiger partial charge in [0.25, 0.3) is 0 Å². The molecule has 96 valence electrons. The summed E-state index contributed by atoms with van der Waals surface area (Å²) in [6.45, 7) is 3.81. The first-order valence-electron chi connectivity index (χ1n) is 5.67. The molecule has 0 radical (unpaired) electrons. The largest absolute Gasteiger partial charge is 0.413 e. The molecule has 0 aromatic rings. The first-order chi connectivity index (χ1) is 7.51. The Hall–Kier alpha value is -0.330. The molecule has 16 heavy (non-hydrogen) atoms. The first kappa shape index (κ1) is 13.7. The van der Waals surface area contributed by atoms with Gasteiger partial charge in [0, 0.05) is 6.04 Å². The van der Waals surface area contributed by atoms with Crippen molar-refractivity contribution in [1.29, 1.82) is 0 Å². The molecule has 1 rings (SSSR count). The number of hydrogen-bond donors (Lipinski definition) is 1. The molecule has 0 aromatic carbocycles. The fourth-order valence-electron chi connectivity index (χ4n) is 1.83. The summed E-state index contributed by atoms with van der Waals surface area (Å²) in [6, 6.07) is 0.0406. The van der Waals surface area contributed by atoms with Crippen LogP contribution in [0.5, 0.6) is 0 Å². The van der Waals surface area contributed by atoms with Crippen LogP contribution in [0.3, 0.4) is 0 Å². The molecule has 1 atom stereocenters. The Bertz CT molecular complexity index is 199. The van der Waals surface area contributed by atoms with Crippen LogP contribution in [0.15, 0.2) is 0 Å². The van der Waals surface area contributed by atoms with Gasteiger partial charge in [0.05, 0.1) is 0 Å². The van der Waals surface area contributed by atoms with Crippen LogP contribution < -0.4 is 5.48 Å². The van der Waals surface area contributed by atoms with Crippen LogP contribution in [-0.2, 0) is 4.84 Å². The zero-order chi connectivity index (χ0) is 12.0. The molecular weight excluding hydrogens is 221 g/mol. The number of hydrogen-bond acceptors (Lipinski definition) is 3. The molecule has 1 aliphatic heterocycles. The Balaban J connectivity index is 2.18. The summed E-state index contributed by atoms with van der Waals surface area (Å²) in [5.74, 6) is 0. The van der Waals surface area contributed by atoms with Gasteiger partial charge in [-0.1, -0.05) is 6.92 Å². The predicted molar refractivity (Wildman–Crippen MR) is 54.9 cm³/mol. The van der Waals surface area contributed by atoms with Crippen molar-refractivity contribution in [1.82, 2.24) is 10.4 Å². The van der Waals surface area contributed by atoms with Gasteiger partial charge in [-0.25, -0.2) is 0 Å². The van der Waals surface area contributed by atoms with E-state index in [0.717, 1.165) is 38.9 Å². The lowest BCUT2D eigenvalue weighted by atomic mass is 10.1. The van der Waals surface area contributed by atoms with Crippen molar-refractivity contribution in [3.8, 4) is 0 Å². The number of nitrogens with zero attached hydrogens (tertiary/aromatic N) is 1. The highest BCUT2D eigenvalue weighted by atomic mass is 19.4. The summed E-state index contributed by atoms with van der Waals surface area (Å²) < 4.78 is 35.5. The molecule has 6 heteroatoms. The fraction of sp³-hybridized carbons (Fsp3) is 1.00. The third kappa shape index (κ3) is 5.67. The van der Waals surface area contributed by atoms with E-state index in [2.05, 4.69) is 22.1 Å². The number of likely N-dealkylation sites (tertiary alicyclic amines) is 1. The van der Waals surface area contributed by atoms with E-state index in [1.54, 1.807) is 0 Å². The van der Waals surface area contributed by atoms with E-state index >= 15 is 0 Å². The molecule has 1 heterocycles. The summed E-state index contributed by atoms with van der Waals surface area (Å²) in [6.07, 6.45) is -1.55. The van der Waals surface area contributed by atoms with Crippen LogP contribution in [0.25, 0.3) is 0 Å². The maximum Gasteiger partial charge on any atom is 0.413 e. The molecule has 1 fully saturated rings. The van der Waals surface area contributed by atoms with Crippen molar-refractivity contribution in [2.45, 2.75) is 38.4 Å². The third-order valence-electron chi connectivity index (χ3n) is 2.75. The Morgan fingerprint density at radius 1 is 1.31 bits per heavy atom. The minimum atomic E-state index is -4.26. The normalized spacial score (nSPS) is 24.4. The van der Waals surface area contributed by atoms with Gasteiger partial charge < -0.3 is 4.90 Å².